The second-order valence-electron chi connectivity index (χ2n) is 3.86. The quantitative estimate of drug-likeness (QED) is 0.336. The van der Waals surface area contributed by atoms with Crippen LogP contribution in [0.1, 0.15) is 28.7 Å². The summed E-state index contributed by atoms with van der Waals surface area (Å²) in [6.07, 6.45) is -1.35. The average molecular weight is 304 g/mol. The van der Waals surface area contributed by atoms with Crippen molar-refractivity contribution in [2.75, 3.05) is 13.2 Å². The molecule has 1 heterocycles. The molecular weight excluding hydrogens is 292 g/mol. The van der Waals surface area contributed by atoms with Gasteiger partial charge in [-0.2, -0.15) is 5.26 Å². The van der Waals surface area contributed by atoms with Gasteiger partial charge in [0.2, 0.25) is 5.78 Å². The van der Waals surface area contributed by atoms with E-state index in [1.54, 1.807) is 13.0 Å². The van der Waals surface area contributed by atoms with Crippen LogP contribution < -0.4 is 10.1 Å². The van der Waals surface area contributed by atoms with Crippen LogP contribution in [0.2, 0.25) is 0 Å². The third-order valence-corrected chi connectivity index (χ3v) is 2.44. The zero-order valence-electron chi connectivity index (χ0n) is 11.6. The molecule has 0 unspecified atom stereocenters. The topological polar surface area (TPSA) is 161 Å². The normalized spacial score (nSPS) is 9.27. The van der Waals surface area contributed by atoms with E-state index in [2.05, 4.69) is 15.0 Å². The second kappa shape index (κ2) is 8.08. The van der Waals surface area contributed by atoms with Crippen LogP contribution in [0.3, 0.4) is 0 Å². The number of azide groups is 1. The van der Waals surface area contributed by atoms with Gasteiger partial charge in [0.25, 0.3) is 0 Å². The molecule has 22 heavy (non-hydrogen) atoms. The average Bonchev–Trinajstić information content (AvgIpc) is 2.50. The van der Waals surface area contributed by atoms with Crippen molar-refractivity contribution in [1.82, 2.24) is 10.3 Å². The smallest absolute Gasteiger partial charge is 0.405 e. The largest absolute Gasteiger partial charge is 0.491 e. The third-order valence-electron chi connectivity index (χ3n) is 2.44. The number of Topliss-reactive ketones (excluding diaryl/α,β-unsaturated/α-hetero) is 1. The van der Waals surface area contributed by atoms with Gasteiger partial charge in [-0.05, 0) is 24.1 Å². The Balaban J connectivity index is 3.24. The van der Waals surface area contributed by atoms with Gasteiger partial charge in [0.1, 0.15) is 17.5 Å². The summed E-state index contributed by atoms with van der Waals surface area (Å²) < 4.78 is 5.28. The highest BCUT2D eigenvalue weighted by Gasteiger charge is 2.19. The van der Waals surface area contributed by atoms with Gasteiger partial charge in [0.15, 0.2) is 5.69 Å². The maximum absolute atomic E-state index is 12.0. The number of ketones is 1. The van der Waals surface area contributed by atoms with E-state index in [0.717, 1.165) is 0 Å². The molecule has 0 radical (unpaired) electrons. The van der Waals surface area contributed by atoms with Gasteiger partial charge in [0.05, 0.1) is 19.7 Å². The Kier molecular flexibility index (Phi) is 6.15. The summed E-state index contributed by atoms with van der Waals surface area (Å²) in [4.78, 5) is 28.9. The lowest BCUT2D eigenvalue weighted by molar-refractivity contribution is 0.0978. The number of carbonyl (C=O) groups excluding carboxylic acids is 1. The molecule has 0 saturated heterocycles. The minimum atomic E-state index is -1.35. The maximum Gasteiger partial charge on any atom is 0.405 e. The molecule has 0 aliphatic carbocycles. The summed E-state index contributed by atoms with van der Waals surface area (Å²) in [5.74, 6) is -0.542. The molecule has 0 aliphatic heterocycles. The molecule has 114 valence electrons. The highest BCUT2D eigenvalue weighted by Crippen LogP contribution is 2.22. The van der Waals surface area contributed by atoms with Crippen molar-refractivity contribution in [3.05, 3.63) is 33.5 Å². The number of amides is 1. The lowest BCUT2D eigenvalue weighted by atomic mass is 10.1. The summed E-state index contributed by atoms with van der Waals surface area (Å²) in [5.41, 5.74) is 8.40. The summed E-state index contributed by atoms with van der Waals surface area (Å²) >= 11 is 0. The number of nitrogens with zero attached hydrogens (tertiary/aromatic N) is 5. The van der Waals surface area contributed by atoms with Crippen LogP contribution in [0, 0.1) is 11.3 Å². The minimum absolute atomic E-state index is 0.0884. The number of pyridine rings is 1. The van der Waals surface area contributed by atoms with Crippen molar-refractivity contribution >= 4 is 11.9 Å². The van der Waals surface area contributed by atoms with Crippen molar-refractivity contribution < 1.29 is 19.4 Å². The Morgan fingerprint density at radius 2 is 2.36 bits per heavy atom. The SMILES string of the molecule is CCOc1cc(CN=[N+]=[N-])c(C#N)nc1C(=O)CNC(=O)O. The molecule has 0 fully saturated rings. The van der Waals surface area contributed by atoms with E-state index < -0.39 is 18.4 Å². The fourth-order valence-corrected chi connectivity index (χ4v) is 1.56. The first-order chi connectivity index (χ1) is 10.5. The molecule has 1 amide bonds. The van der Waals surface area contributed by atoms with E-state index in [0.29, 0.717) is 5.56 Å². The minimum Gasteiger partial charge on any atom is -0.491 e. The Morgan fingerprint density at radius 3 is 2.91 bits per heavy atom. The van der Waals surface area contributed by atoms with Crippen molar-refractivity contribution in [2.45, 2.75) is 13.5 Å². The molecule has 0 aliphatic rings. The first-order valence-electron chi connectivity index (χ1n) is 6.11. The van der Waals surface area contributed by atoms with E-state index in [1.807, 2.05) is 5.32 Å². The molecule has 2 N–H and O–H groups in total. The Hall–Kier alpha value is -3.31. The number of nitrogens with one attached hydrogen (secondary N) is 1. The first kappa shape index (κ1) is 16.7. The number of carbonyl (C=O) groups is 2. The van der Waals surface area contributed by atoms with Crippen molar-refractivity contribution in [1.29, 1.82) is 5.26 Å². The standard InChI is InChI=1S/C12H12N6O4/c1-2-22-10-3-7(5-16-18-14)8(4-13)17-11(10)9(19)6-15-12(20)21/h3,15H,2,5-6H2,1H3,(H,20,21). The number of hydrogen-bond donors (Lipinski definition) is 2. The van der Waals surface area contributed by atoms with Crippen LogP contribution in [-0.4, -0.2) is 35.1 Å². The molecule has 0 atom stereocenters. The molecule has 0 spiro atoms. The number of ether oxygens (including phenoxy) is 1. The molecule has 1 aromatic rings. The van der Waals surface area contributed by atoms with E-state index in [1.165, 1.54) is 6.07 Å². The lowest BCUT2D eigenvalue weighted by Crippen LogP contribution is -2.28. The number of aromatic nitrogens is 1. The van der Waals surface area contributed by atoms with Gasteiger partial charge < -0.3 is 15.2 Å². The van der Waals surface area contributed by atoms with E-state index in [9.17, 15) is 9.59 Å². The van der Waals surface area contributed by atoms with E-state index in [4.69, 9.17) is 20.6 Å². The fourth-order valence-electron chi connectivity index (χ4n) is 1.56. The monoisotopic (exact) mass is 304 g/mol. The van der Waals surface area contributed by atoms with Gasteiger partial charge in [-0.15, -0.1) is 0 Å². The number of rotatable bonds is 7. The molecule has 10 nitrogen and oxygen atoms in total. The zero-order valence-corrected chi connectivity index (χ0v) is 11.6. The van der Waals surface area contributed by atoms with Gasteiger partial charge >= 0.3 is 6.09 Å². The maximum atomic E-state index is 12.0. The molecule has 1 aromatic heterocycles. The second-order valence-corrected chi connectivity index (χ2v) is 3.86. The Bertz CT molecular complexity index is 675. The van der Waals surface area contributed by atoms with Gasteiger partial charge in [-0.1, -0.05) is 5.11 Å². The van der Waals surface area contributed by atoms with E-state index in [-0.39, 0.29) is 30.3 Å². The van der Waals surface area contributed by atoms with Gasteiger partial charge in [0, 0.05) is 4.91 Å². The van der Waals surface area contributed by atoms with Crippen LogP contribution >= 0.6 is 0 Å². The number of hydrogen-bond acceptors (Lipinski definition) is 6. The highest BCUT2D eigenvalue weighted by molar-refractivity contribution is 5.99. The number of nitriles is 1. The summed E-state index contributed by atoms with van der Waals surface area (Å²) in [6.45, 7) is 1.31. The molecule has 0 bridgehead atoms. The molecule has 1 rings (SSSR count). The third kappa shape index (κ3) is 4.36. The van der Waals surface area contributed by atoms with E-state index >= 15 is 0 Å². The van der Waals surface area contributed by atoms with Crippen LogP contribution in [0.15, 0.2) is 11.2 Å². The van der Waals surface area contributed by atoms with Gasteiger partial charge in [-0.25, -0.2) is 9.78 Å². The zero-order chi connectivity index (χ0) is 16.5. The van der Waals surface area contributed by atoms with Crippen LogP contribution in [0.25, 0.3) is 10.4 Å². The summed E-state index contributed by atoms with van der Waals surface area (Å²) in [5, 5.41) is 22.8. The predicted molar refractivity (Wildman–Crippen MR) is 73.3 cm³/mol. The van der Waals surface area contributed by atoms with Gasteiger partial charge in [-0.3, -0.25) is 4.79 Å². The molecule has 10 heteroatoms. The van der Waals surface area contributed by atoms with Crippen molar-refractivity contribution in [2.24, 2.45) is 5.11 Å². The lowest BCUT2D eigenvalue weighted by Gasteiger charge is -2.11. The van der Waals surface area contributed by atoms with Crippen LogP contribution in [-0.2, 0) is 6.54 Å². The molecule has 0 saturated carbocycles. The first-order valence-corrected chi connectivity index (χ1v) is 6.11. The van der Waals surface area contributed by atoms with Crippen molar-refractivity contribution in [3.63, 3.8) is 0 Å². The predicted octanol–water partition coefficient (Wildman–Crippen LogP) is 1.61. The number of carboxylic acid groups (broad SMARTS) is 1. The molecule has 0 aromatic carbocycles. The summed E-state index contributed by atoms with van der Waals surface area (Å²) in [7, 11) is 0. The highest BCUT2D eigenvalue weighted by atomic mass is 16.5. The Morgan fingerprint density at radius 1 is 1.64 bits per heavy atom. The summed E-state index contributed by atoms with van der Waals surface area (Å²) in [6, 6.07) is 3.18. The van der Waals surface area contributed by atoms with Crippen molar-refractivity contribution in [3.8, 4) is 11.8 Å². The van der Waals surface area contributed by atoms with Crippen LogP contribution in [0.4, 0.5) is 4.79 Å². The fraction of sp³-hybridized carbons (Fsp3) is 0.333. The van der Waals surface area contributed by atoms with Crippen LogP contribution in [0.5, 0.6) is 5.75 Å². The molecular formula is C12H12N6O4. The Labute approximate surface area is 125 Å².